The summed E-state index contributed by atoms with van der Waals surface area (Å²) < 4.78 is 19.3. The van der Waals surface area contributed by atoms with Crippen molar-refractivity contribution in [3.05, 3.63) is 273 Å². The Morgan fingerprint density at radius 2 is 0.826 bits per heavy atom. The van der Waals surface area contributed by atoms with Crippen molar-refractivity contribution < 1.29 is 13.6 Å². The molecule has 0 aliphatic carbocycles. The van der Waals surface area contributed by atoms with Gasteiger partial charge in [-0.05, 0) is 95.6 Å². The van der Waals surface area contributed by atoms with Crippen LogP contribution in [0.15, 0.2) is 276 Å². The molecule has 5 heteroatoms. The van der Waals surface area contributed by atoms with Crippen LogP contribution in [0.1, 0.15) is 5.56 Å². The van der Waals surface area contributed by atoms with Crippen molar-refractivity contribution >= 4 is 77.9 Å². The third-order valence-electron chi connectivity index (χ3n) is 12.6. The van der Waals surface area contributed by atoms with Gasteiger partial charge in [-0.1, -0.05) is 170 Å². The Balaban J connectivity index is 0.910. The van der Waals surface area contributed by atoms with E-state index in [1.807, 2.05) is 42.7 Å². The molecule has 0 atom stereocenters. The number of furan rings is 2. The first-order chi connectivity index (χ1) is 34.2. The van der Waals surface area contributed by atoms with Gasteiger partial charge < -0.3 is 23.4 Å². The van der Waals surface area contributed by atoms with E-state index in [1.54, 1.807) is 0 Å². The van der Waals surface area contributed by atoms with Gasteiger partial charge in [0.1, 0.15) is 28.1 Å². The minimum atomic E-state index is 0.717. The van der Waals surface area contributed by atoms with Gasteiger partial charge in [-0.3, -0.25) is 0 Å². The number of hydrogen-bond donors (Lipinski definition) is 0. The fourth-order valence-corrected chi connectivity index (χ4v) is 9.31. The summed E-state index contributed by atoms with van der Waals surface area (Å²) in [7, 11) is 0. The molecule has 1 aliphatic rings. The van der Waals surface area contributed by atoms with Gasteiger partial charge in [-0.2, -0.15) is 0 Å². The molecule has 69 heavy (non-hydrogen) atoms. The van der Waals surface area contributed by atoms with E-state index in [9.17, 15) is 0 Å². The number of hydrogen-bond acceptors (Lipinski definition) is 5. The number of benzene rings is 8. The predicted molar refractivity (Wildman–Crippen MR) is 286 cm³/mol. The number of nitrogens with zero attached hydrogens (tertiary/aromatic N) is 2. The second-order valence-electron chi connectivity index (χ2n) is 16.9. The molecule has 11 aromatic rings. The Bertz CT molecular complexity index is 3610. The maximum atomic E-state index is 6.45. The lowest BCUT2D eigenvalue weighted by Gasteiger charge is -2.26. The molecule has 1 aliphatic heterocycles. The average Bonchev–Trinajstić information content (AvgIpc) is 3.99. The Kier molecular flexibility index (Phi) is 10.8. The lowest BCUT2D eigenvalue weighted by Crippen LogP contribution is -2.09. The highest BCUT2D eigenvalue weighted by molar-refractivity contribution is 6.10. The van der Waals surface area contributed by atoms with Crippen LogP contribution in [0, 0.1) is 0 Å². The van der Waals surface area contributed by atoms with Crippen LogP contribution >= 0.6 is 0 Å². The summed E-state index contributed by atoms with van der Waals surface area (Å²) >= 11 is 0. The lowest BCUT2D eigenvalue weighted by molar-refractivity contribution is 0.480. The fraction of sp³-hybridized carbons (Fsp3) is 0. The zero-order valence-corrected chi connectivity index (χ0v) is 37.5. The van der Waals surface area contributed by atoms with Gasteiger partial charge in [0.15, 0.2) is 0 Å². The maximum absolute atomic E-state index is 6.45. The number of allylic oxidation sites excluding steroid dienone is 4. The monoisotopic (exact) mass is 888 g/mol. The molecule has 5 nitrogen and oxygen atoms in total. The summed E-state index contributed by atoms with van der Waals surface area (Å²) in [6.45, 7) is 0. The van der Waals surface area contributed by atoms with Gasteiger partial charge in [-0.25, -0.2) is 0 Å². The minimum Gasteiger partial charge on any atom is -0.464 e. The molecule has 0 fully saturated rings. The van der Waals surface area contributed by atoms with Crippen LogP contribution in [0.2, 0.25) is 0 Å². The van der Waals surface area contributed by atoms with Gasteiger partial charge >= 0.3 is 0 Å². The Morgan fingerprint density at radius 1 is 0.348 bits per heavy atom. The molecule has 0 spiro atoms. The van der Waals surface area contributed by atoms with Crippen LogP contribution in [0.3, 0.4) is 0 Å². The van der Waals surface area contributed by atoms with Crippen LogP contribution in [-0.2, 0) is 0 Å². The number of ether oxygens (including phenoxy) is 1. The summed E-state index contributed by atoms with van der Waals surface area (Å²) in [5.74, 6) is 0.717. The number of para-hydroxylation sites is 6. The molecule has 0 radical (unpaired) electrons. The van der Waals surface area contributed by atoms with Crippen LogP contribution < -0.4 is 14.5 Å². The van der Waals surface area contributed by atoms with E-state index in [1.165, 1.54) is 0 Å². The standard InChI is InChI=1S/C64H44N2O3/c1-4-18-47-42-54(67-44-48(47)19-14-15-41-65(49-20-5-2-6-21-49)50-22-7-3-8-23-50)43-53(24-9-1)66(51-37-33-45(34-38-51)55-27-16-29-59-57-25-10-12-31-61(57)68-63(55)59)52-39-35-46(36-40-52)56-28-17-30-60-58-26-11-13-32-62(58)69-64(56)60/h1-44H/b4-1?,9-1?,18-4?,19-14-,24-9?,41-15+,47-18?,53-24?,53-43?,54-43?. The van der Waals surface area contributed by atoms with E-state index in [0.29, 0.717) is 0 Å². The summed E-state index contributed by atoms with van der Waals surface area (Å²) in [5.41, 5.74) is 14.8. The fourth-order valence-electron chi connectivity index (χ4n) is 9.31. The molecular weight excluding hydrogens is 845 g/mol. The van der Waals surface area contributed by atoms with Crippen LogP contribution in [0.25, 0.3) is 71.7 Å². The van der Waals surface area contributed by atoms with Gasteiger partial charge in [0.25, 0.3) is 0 Å². The number of anilines is 5. The summed E-state index contributed by atoms with van der Waals surface area (Å²) in [5, 5.41) is 4.44. The van der Waals surface area contributed by atoms with Crippen molar-refractivity contribution in [1.29, 1.82) is 0 Å². The molecule has 0 unspecified atom stereocenters. The molecule has 3 heterocycles. The number of fused-ring (bicyclic) bond motifs is 8. The van der Waals surface area contributed by atoms with E-state index in [0.717, 1.165) is 111 Å². The largest absolute Gasteiger partial charge is 0.464 e. The normalized spacial score (nSPS) is 12.1. The predicted octanol–water partition coefficient (Wildman–Crippen LogP) is 18.1. The average molecular weight is 889 g/mol. The van der Waals surface area contributed by atoms with Crippen LogP contribution in [0.4, 0.5) is 28.4 Å². The van der Waals surface area contributed by atoms with Crippen LogP contribution in [-0.4, -0.2) is 0 Å². The second kappa shape index (κ2) is 18.2. The molecule has 0 saturated carbocycles. The molecule has 328 valence electrons. The van der Waals surface area contributed by atoms with Gasteiger partial charge in [0.05, 0.1) is 6.26 Å². The van der Waals surface area contributed by atoms with Crippen LogP contribution in [0.5, 0.6) is 5.75 Å². The van der Waals surface area contributed by atoms with Crippen molar-refractivity contribution in [2.75, 3.05) is 9.80 Å². The topological polar surface area (TPSA) is 42.0 Å². The van der Waals surface area contributed by atoms with Crippen molar-refractivity contribution in [2.24, 2.45) is 0 Å². The highest BCUT2D eigenvalue weighted by Crippen LogP contribution is 2.42. The first kappa shape index (κ1) is 41.1. The van der Waals surface area contributed by atoms with E-state index in [-0.39, 0.29) is 0 Å². The summed E-state index contributed by atoms with van der Waals surface area (Å²) in [4.78, 5) is 4.44. The highest BCUT2D eigenvalue weighted by atomic mass is 16.5. The molecule has 0 N–H and O–H groups in total. The van der Waals surface area contributed by atoms with E-state index < -0.39 is 0 Å². The molecule has 0 amide bonds. The third kappa shape index (κ3) is 8.09. The van der Waals surface area contributed by atoms with Crippen molar-refractivity contribution in [1.82, 2.24) is 0 Å². The first-order valence-electron chi connectivity index (χ1n) is 23.1. The van der Waals surface area contributed by atoms with Crippen molar-refractivity contribution in [2.45, 2.75) is 0 Å². The smallest absolute Gasteiger partial charge is 0.143 e. The van der Waals surface area contributed by atoms with E-state index in [4.69, 9.17) is 13.6 Å². The second-order valence-corrected chi connectivity index (χ2v) is 16.9. The number of rotatable bonds is 10. The van der Waals surface area contributed by atoms with Gasteiger partial charge in [0, 0.05) is 78.9 Å². The molecule has 2 bridgehead atoms. The van der Waals surface area contributed by atoms with Gasteiger partial charge in [-0.15, -0.1) is 0 Å². The molecule has 0 saturated heterocycles. The molecule has 2 aromatic heterocycles. The molecular formula is C64H44N2O3. The van der Waals surface area contributed by atoms with E-state index in [2.05, 4.69) is 234 Å². The zero-order valence-electron chi connectivity index (χ0n) is 37.5. The summed E-state index contributed by atoms with van der Waals surface area (Å²) in [6.07, 6.45) is 10.1. The minimum absolute atomic E-state index is 0.717. The summed E-state index contributed by atoms with van der Waals surface area (Å²) in [6, 6.07) is 82.0. The Labute approximate surface area is 400 Å². The third-order valence-corrected chi connectivity index (χ3v) is 12.6. The molecule has 12 rings (SSSR count). The highest BCUT2D eigenvalue weighted by Gasteiger charge is 2.18. The quantitative estimate of drug-likeness (QED) is 0.128. The maximum Gasteiger partial charge on any atom is 0.143 e. The van der Waals surface area contributed by atoms with E-state index >= 15 is 0 Å². The first-order valence-corrected chi connectivity index (χ1v) is 23.1. The van der Waals surface area contributed by atoms with Gasteiger partial charge in [0.2, 0.25) is 0 Å². The SMILES string of the molecule is C1=C(/C=C\C=C\N(c2ccccc2)c2ccccc2)c2cccccc(N(c3ccc(-c4cccc5c4oc4ccccc45)cc3)c3ccc(-c4cccc5c4oc4ccccc45)cc3)cc(c2)O1. The molecule has 9 aromatic carbocycles. The Morgan fingerprint density at radius 3 is 1.38 bits per heavy atom. The van der Waals surface area contributed by atoms with Crippen molar-refractivity contribution in [3.63, 3.8) is 0 Å². The Hall–Kier alpha value is -9.32. The van der Waals surface area contributed by atoms with Crippen molar-refractivity contribution in [3.8, 4) is 28.0 Å². The lowest BCUT2D eigenvalue weighted by atomic mass is 10.0. The zero-order chi connectivity index (χ0) is 45.9.